The number of nitrogens with two attached hydrogens (primary N) is 1. The normalized spacial score (nSPS) is 13.1. The summed E-state index contributed by atoms with van der Waals surface area (Å²) >= 11 is 5.36. The molecule has 15 heavy (non-hydrogen) atoms. The van der Waals surface area contributed by atoms with Crippen LogP contribution in [0.25, 0.3) is 0 Å². The fourth-order valence-electron chi connectivity index (χ4n) is 1.59. The Hall–Kier alpha value is -0.0000000000000000555. The van der Waals surface area contributed by atoms with Gasteiger partial charge in [0.15, 0.2) is 0 Å². The van der Waals surface area contributed by atoms with Gasteiger partial charge in [-0.15, -0.1) is 0 Å². The second kappa shape index (κ2) is 5.92. The zero-order valence-electron chi connectivity index (χ0n) is 9.46. The summed E-state index contributed by atoms with van der Waals surface area (Å²) in [5.74, 6) is 0.986. The van der Waals surface area contributed by atoms with Crippen LogP contribution in [-0.2, 0) is 13.0 Å². The molecule has 0 aliphatic carbocycles. The summed E-state index contributed by atoms with van der Waals surface area (Å²) in [6.45, 7) is 5.01. The highest BCUT2D eigenvalue weighted by Gasteiger charge is 2.14. The van der Waals surface area contributed by atoms with Crippen LogP contribution in [0.3, 0.4) is 0 Å². The average Bonchev–Trinajstić information content (AvgIpc) is 2.46. The van der Waals surface area contributed by atoms with E-state index in [1.807, 2.05) is 11.6 Å². The Bertz CT molecular complexity index is 325. The summed E-state index contributed by atoms with van der Waals surface area (Å²) in [6.07, 6.45) is 2.97. The predicted octanol–water partition coefficient (Wildman–Crippen LogP) is 2.21. The highest BCUT2D eigenvalue weighted by Crippen LogP contribution is 2.22. The maximum absolute atomic E-state index is 6.04. The van der Waals surface area contributed by atoms with Crippen LogP contribution in [0.15, 0.2) is 4.47 Å². The van der Waals surface area contributed by atoms with Gasteiger partial charge in [-0.3, -0.25) is 4.68 Å². The molecule has 0 aliphatic heterocycles. The molecule has 5 heteroatoms. The van der Waals surface area contributed by atoms with Gasteiger partial charge in [-0.05, 0) is 36.0 Å². The van der Waals surface area contributed by atoms with Crippen LogP contribution in [-0.4, -0.2) is 27.8 Å². The van der Waals surface area contributed by atoms with E-state index in [2.05, 4.69) is 34.2 Å². The van der Waals surface area contributed by atoms with Crippen LogP contribution in [0, 0.1) is 6.92 Å². The molecule has 1 heterocycles. The van der Waals surface area contributed by atoms with Crippen molar-refractivity contribution in [2.24, 2.45) is 5.73 Å². The molecule has 0 aromatic carbocycles. The van der Waals surface area contributed by atoms with Gasteiger partial charge in [0.1, 0.15) is 0 Å². The van der Waals surface area contributed by atoms with Crippen LogP contribution in [0.4, 0.5) is 0 Å². The molecular formula is C10H18BrN3S. The summed E-state index contributed by atoms with van der Waals surface area (Å²) in [5, 5.41) is 4.45. The van der Waals surface area contributed by atoms with E-state index in [9.17, 15) is 0 Å². The summed E-state index contributed by atoms with van der Waals surface area (Å²) in [6, 6.07) is 0.206. The molecule has 1 aromatic rings. The van der Waals surface area contributed by atoms with Crippen LogP contribution in [0.2, 0.25) is 0 Å². The van der Waals surface area contributed by atoms with Crippen LogP contribution in [0.1, 0.15) is 18.3 Å². The zero-order valence-corrected chi connectivity index (χ0v) is 11.9. The van der Waals surface area contributed by atoms with Crippen molar-refractivity contribution in [3.63, 3.8) is 0 Å². The minimum Gasteiger partial charge on any atom is -0.327 e. The largest absolute Gasteiger partial charge is 0.327 e. The Morgan fingerprint density at radius 1 is 1.60 bits per heavy atom. The van der Waals surface area contributed by atoms with E-state index in [4.69, 9.17) is 5.73 Å². The lowest BCUT2D eigenvalue weighted by atomic mass is 10.2. The zero-order chi connectivity index (χ0) is 11.4. The average molecular weight is 292 g/mol. The minimum atomic E-state index is 0.206. The number of hydrogen-bond acceptors (Lipinski definition) is 3. The standard InChI is InChI=1S/C10H18BrN3S/c1-4-14-9(5-8(12)6-15-3)10(11)7(2)13-14/h8H,4-6,12H2,1-3H3. The number of aryl methyl sites for hydroxylation is 2. The first-order chi connectivity index (χ1) is 7.10. The van der Waals surface area contributed by atoms with Crippen molar-refractivity contribution in [2.45, 2.75) is 32.9 Å². The number of rotatable bonds is 5. The topological polar surface area (TPSA) is 43.8 Å². The number of nitrogens with zero attached hydrogens (tertiary/aromatic N) is 2. The molecule has 86 valence electrons. The summed E-state index contributed by atoms with van der Waals surface area (Å²) in [5.41, 5.74) is 8.30. The van der Waals surface area contributed by atoms with Crippen LogP contribution >= 0.6 is 27.7 Å². The maximum Gasteiger partial charge on any atom is 0.0738 e. The highest BCUT2D eigenvalue weighted by atomic mass is 79.9. The Labute approximate surface area is 104 Å². The first kappa shape index (κ1) is 13.1. The van der Waals surface area contributed by atoms with Gasteiger partial charge < -0.3 is 5.73 Å². The molecule has 1 aromatic heterocycles. The van der Waals surface area contributed by atoms with Crippen molar-refractivity contribution in [3.8, 4) is 0 Å². The van der Waals surface area contributed by atoms with Crippen molar-refractivity contribution in [2.75, 3.05) is 12.0 Å². The predicted molar refractivity (Wildman–Crippen MR) is 70.4 cm³/mol. The van der Waals surface area contributed by atoms with Gasteiger partial charge in [0, 0.05) is 24.8 Å². The van der Waals surface area contributed by atoms with Crippen molar-refractivity contribution in [1.82, 2.24) is 9.78 Å². The van der Waals surface area contributed by atoms with Gasteiger partial charge in [0.2, 0.25) is 0 Å². The fraction of sp³-hybridized carbons (Fsp3) is 0.700. The van der Waals surface area contributed by atoms with Gasteiger partial charge in [-0.25, -0.2) is 0 Å². The number of aromatic nitrogens is 2. The molecule has 0 fully saturated rings. The van der Waals surface area contributed by atoms with E-state index in [0.29, 0.717) is 0 Å². The lowest BCUT2D eigenvalue weighted by Crippen LogP contribution is -2.27. The third-order valence-corrected chi connectivity index (χ3v) is 4.08. The molecule has 0 saturated heterocycles. The molecule has 3 nitrogen and oxygen atoms in total. The fourth-order valence-corrected chi connectivity index (χ4v) is 2.58. The molecule has 0 aliphatic rings. The monoisotopic (exact) mass is 291 g/mol. The van der Waals surface area contributed by atoms with Crippen molar-refractivity contribution in [1.29, 1.82) is 0 Å². The third kappa shape index (κ3) is 3.23. The van der Waals surface area contributed by atoms with Gasteiger partial charge >= 0.3 is 0 Å². The van der Waals surface area contributed by atoms with E-state index in [0.717, 1.165) is 28.9 Å². The molecule has 1 atom stereocenters. The van der Waals surface area contributed by atoms with Crippen molar-refractivity contribution in [3.05, 3.63) is 15.9 Å². The Kier molecular flexibility index (Phi) is 5.15. The summed E-state index contributed by atoms with van der Waals surface area (Å²) in [7, 11) is 0. The van der Waals surface area contributed by atoms with Crippen molar-refractivity contribution < 1.29 is 0 Å². The molecule has 1 rings (SSSR count). The highest BCUT2D eigenvalue weighted by molar-refractivity contribution is 9.10. The van der Waals surface area contributed by atoms with Crippen LogP contribution < -0.4 is 5.73 Å². The minimum absolute atomic E-state index is 0.206. The summed E-state index contributed by atoms with van der Waals surface area (Å²) in [4.78, 5) is 0. The molecule has 0 saturated carbocycles. The SMILES string of the molecule is CCn1nc(C)c(Br)c1CC(N)CSC. The Balaban J connectivity index is 2.82. The first-order valence-electron chi connectivity index (χ1n) is 5.06. The molecule has 1 unspecified atom stereocenters. The number of hydrogen-bond donors (Lipinski definition) is 1. The quantitative estimate of drug-likeness (QED) is 0.905. The first-order valence-corrected chi connectivity index (χ1v) is 7.25. The molecular weight excluding hydrogens is 274 g/mol. The maximum atomic E-state index is 6.04. The van der Waals surface area contributed by atoms with E-state index in [1.54, 1.807) is 11.8 Å². The van der Waals surface area contributed by atoms with E-state index in [1.165, 1.54) is 5.69 Å². The van der Waals surface area contributed by atoms with Gasteiger partial charge in [0.05, 0.1) is 15.9 Å². The lowest BCUT2D eigenvalue weighted by molar-refractivity contribution is 0.593. The second-order valence-corrected chi connectivity index (χ2v) is 5.29. The number of thioether (sulfide) groups is 1. The molecule has 0 radical (unpaired) electrons. The van der Waals surface area contributed by atoms with Gasteiger partial charge in [-0.2, -0.15) is 16.9 Å². The summed E-state index contributed by atoms with van der Waals surface area (Å²) < 4.78 is 3.14. The van der Waals surface area contributed by atoms with E-state index < -0.39 is 0 Å². The molecule has 0 amide bonds. The second-order valence-electron chi connectivity index (χ2n) is 3.58. The number of halogens is 1. The molecule has 2 N–H and O–H groups in total. The Morgan fingerprint density at radius 2 is 2.27 bits per heavy atom. The molecule has 0 spiro atoms. The van der Waals surface area contributed by atoms with Gasteiger partial charge in [0.25, 0.3) is 0 Å². The van der Waals surface area contributed by atoms with E-state index in [-0.39, 0.29) is 6.04 Å². The van der Waals surface area contributed by atoms with E-state index >= 15 is 0 Å². The lowest BCUT2D eigenvalue weighted by Gasteiger charge is -2.11. The van der Waals surface area contributed by atoms with Crippen molar-refractivity contribution >= 4 is 27.7 Å². The Morgan fingerprint density at radius 3 is 2.80 bits per heavy atom. The van der Waals surface area contributed by atoms with Crippen LogP contribution in [0.5, 0.6) is 0 Å². The smallest absolute Gasteiger partial charge is 0.0738 e. The molecule has 0 bridgehead atoms. The third-order valence-electron chi connectivity index (χ3n) is 2.29. The van der Waals surface area contributed by atoms with Gasteiger partial charge in [-0.1, -0.05) is 0 Å².